The van der Waals surface area contributed by atoms with Crippen molar-refractivity contribution in [3.8, 4) is 0 Å². The molecule has 1 aliphatic rings. The summed E-state index contributed by atoms with van der Waals surface area (Å²) in [6.07, 6.45) is 6.50. The Kier molecular flexibility index (Phi) is 1.58. The van der Waals surface area contributed by atoms with Crippen molar-refractivity contribution in [1.29, 1.82) is 0 Å². The first-order valence-corrected chi connectivity index (χ1v) is 3.89. The summed E-state index contributed by atoms with van der Waals surface area (Å²) in [6, 6.07) is 0.313. The molecule has 0 spiro atoms. The molecule has 1 aromatic rings. The Labute approximate surface area is 65.7 Å². The van der Waals surface area contributed by atoms with E-state index in [4.69, 9.17) is 5.73 Å². The van der Waals surface area contributed by atoms with Crippen molar-refractivity contribution in [3.05, 3.63) is 23.8 Å². The molecular formula is C8H11N3. The minimum Gasteiger partial charge on any atom is -0.327 e. The minimum atomic E-state index is 0.313. The van der Waals surface area contributed by atoms with Gasteiger partial charge < -0.3 is 5.73 Å². The van der Waals surface area contributed by atoms with Gasteiger partial charge in [0, 0.05) is 17.9 Å². The van der Waals surface area contributed by atoms with Crippen molar-refractivity contribution in [3.63, 3.8) is 0 Å². The third kappa shape index (κ3) is 1.24. The normalized spacial score (nSPS) is 22.8. The van der Waals surface area contributed by atoms with Gasteiger partial charge in [0.15, 0.2) is 0 Å². The lowest BCUT2D eigenvalue weighted by molar-refractivity contribution is 0.563. The minimum absolute atomic E-state index is 0.313. The zero-order valence-corrected chi connectivity index (χ0v) is 6.33. The van der Waals surface area contributed by atoms with Crippen LogP contribution >= 0.6 is 0 Å². The Hall–Kier alpha value is -0.960. The fraction of sp³-hybridized carbons (Fsp3) is 0.500. The molecule has 0 saturated carbocycles. The maximum Gasteiger partial charge on any atom is 0.115 e. The van der Waals surface area contributed by atoms with Gasteiger partial charge in [0.1, 0.15) is 6.33 Å². The van der Waals surface area contributed by atoms with E-state index in [0.29, 0.717) is 6.04 Å². The van der Waals surface area contributed by atoms with E-state index in [0.717, 1.165) is 19.3 Å². The fourth-order valence-electron chi connectivity index (χ4n) is 1.49. The summed E-state index contributed by atoms with van der Waals surface area (Å²) in [5, 5.41) is 0. The number of hydrogen-bond donors (Lipinski definition) is 1. The highest BCUT2D eigenvalue weighted by Gasteiger charge is 2.15. The Bertz CT molecular complexity index is 259. The number of aromatic nitrogens is 2. The molecule has 1 aliphatic carbocycles. The average Bonchev–Trinajstić information content (AvgIpc) is 2.04. The Morgan fingerprint density at radius 1 is 1.55 bits per heavy atom. The van der Waals surface area contributed by atoms with E-state index in [2.05, 4.69) is 9.97 Å². The first-order valence-electron chi connectivity index (χ1n) is 3.89. The number of nitrogens with zero attached hydrogens (tertiary/aromatic N) is 2. The summed E-state index contributed by atoms with van der Waals surface area (Å²) in [6.45, 7) is 0. The molecule has 3 nitrogen and oxygen atoms in total. The number of fused-ring (bicyclic) bond motifs is 1. The Morgan fingerprint density at radius 3 is 3.36 bits per heavy atom. The van der Waals surface area contributed by atoms with Crippen molar-refractivity contribution in [2.24, 2.45) is 5.73 Å². The van der Waals surface area contributed by atoms with Crippen LogP contribution in [0.5, 0.6) is 0 Å². The molecule has 1 heterocycles. The van der Waals surface area contributed by atoms with Gasteiger partial charge in [-0.2, -0.15) is 0 Å². The van der Waals surface area contributed by atoms with Gasteiger partial charge in [0.25, 0.3) is 0 Å². The highest BCUT2D eigenvalue weighted by Crippen LogP contribution is 2.16. The second-order valence-electron chi connectivity index (χ2n) is 3.00. The van der Waals surface area contributed by atoms with E-state index < -0.39 is 0 Å². The summed E-state index contributed by atoms with van der Waals surface area (Å²) in [5.74, 6) is 0. The first kappa shape index (κ1) is 6.73. The maximum atomic E-state index is 5.79. The van der Waals surface area contributed by atoms with Gasteiger partial charge in [-0.25, -0.2) is 9.97 Å². The van der Waals surface area contributed by atoms with Crippen LogP contribution < -0.4 is 5.73 Å². The zero-order chi connectivity index (χ0) is 7.68. The molecule has 3 heteroatoms. The molecule has 0 amide bonds. The molecule has 0 aromatic carbocycles. The van der Waals surface area contributed by atoms with Crippen LogP contribution in [0.25, 0.3) is 0 Å². The lowest BCUT2D eigenvalue weighted by atomic mass is 9.94. The second-order valence-corrected chi connectivity index (χ2v) is 3.00. The van der Waals surface area contributed by atoms with E-state index in [-0.39, 0.29) is 0 Å². The molecule has 58 valence electrons. The molecule has 1 aromatic heterocycles. The highest BCUT2D eigenvalue weighted by atomic mass is 14.8. The van der Waals surface area contributed by atoms with Crippen LogP contribution in [0.1, 0.15) is 17.7 Å². The topological polar surface area (TPSA) is 51.8 Å². The van der Waals surface area contributed by atoms with E-state index in [1.165, 1.54) is 11.3 Å². The Balaban J connectivity index is 2.34. The zero-order valence-electron chi connectivity index (χ0n) is 6.33. The van der Waals surface area contributed by atoms with Gasteiger partial charge in [-0.3, -0.25) is 0 Å². The van der Waals surface area contributed by atoms with Crippen molar-refractivity contribution in [2.75, 3.05) is 0 Å². The number of hydrogen-bond acceptors (Lipinski definition) is 3. The van der Waals surface area contributed by atoms with Crippen molar-refractivity contribution in [2.45, 2.75) is 25.3 Å². The molecule has 0 bridgehead atoms. The van der Waals surface area contributed by atoms with Crippen LogP contribution in [0.2, 0.25) is 0 Å². The van der Waals surface area contributed by atoms with Crippen molar-refractivity contribution < 1.29 is 0 Å². The molecule has 0 saturated heterocycles. The van der Waals surface area contributed by atoms with Gasteiger partial charge >= 0.3 is 0 Å². The molecule has 0 unspecified atom stereocenters. The van der Waals surface area contributed by atoms with Crippen LogP contribution in [0.4, 0.5) is 0 Å². The summed E-state index contributed by atoms with van der Waals surface area (Å²) in [5.41, 5.74) is 8.20. The number of aryl methyl sites for hydroxylation is 1. The van der Waals surface area contributed by atoms with Crippen molar-refractivity contribution >= 4 is 0 Å². The largest absolute Gasteiger partial charge is 0.327 e. The molecule has 2 rings (SSSR count). The summed E-state index contributed by atoms with van der Waals surface area (Å²) >= 11 is 0. The quantitative estimate of drug-likeness (QED) is 0.577. The van der Waals surface area contributed by atoms with E-state index in [1.807, 2.05) is 6.20 Å². The van der Waals surface area contributed by atoms with Crippen LogP contribution in [0, 0.1) is 0 Å². The van der Waals surface area contributed by atoms with E-state index >= 15 is 0 Å². The summed E-state index contributed by atoms with van der Waals surface area (Å²) in [4.78, 5) is 8.15. The van der Waals surface area contributed by atoms with Gasteiger partial charge in [0.05, 0.1) is 0 Å². The van der Waals surface area contributed by atoms with E-state index in [9.17, 15) is 0 Å². The number of nitrogens with two attached hydrogens (primary N) is 1. The van der Waals surface area contributed by atoms with E-state index in [1.54, 1.807) is 6.33 Å². The SMILES string of the molecule is N[C@H]1CCc2ncncc2C1. The van der Waals surface area contributed by atoms with Crippen LogP contribution in [0.3, 0.4) is 0 Å². The third-order valence-corrected chi connectivity index (χ3v) is 2.12. The molecule has 1 atom stereocenters. The average molecular weight is 149 g/mol. The van der Waals surface area contributed by atoms with Crippen LogP contribution in [0.15, 0.2) is 12.5 Å². The second kappa shape index (κ2) is 2.58. The predicted molar refractivity (Wildman–Crippen MR) is 42.0 cm³/mol. The monoisotopic (exact) mass is 149 g/mol. The summed E-state index contributed by atoms with van der Waals surface area (Å²) in [7, 11) is 0. The Morgan fingerprint density at radius 2 is 2.45 bits per heavy atom. The highest BCUT2D eigenvalue weighted by molar-refractivity contribution is 5.20. The van der Waals surface area contributed by atoms with Crippen LogP contribution in [-0.2, 0) is 12.8 Å². The lowest BCUT2D eigenvalue weighted by Gasteiger charge is -2.18. The summed E-state index contributed by atoms with van der Waals surface area (Å²) < 4.78 is 0. The third-order valence-electron chi connectivity index (χ3n) is 2.12. The van der Waals surface area contributed by atoms with Crippen molar-refractivity contribution in [1.82, 2.24) is 9.97 Å². The predicted octanol–water partition coefficient (Wildman–Crippen LogP) is 0.293. The lowest BCUT2D eigenvalue weighted by Crippen LogP contribution is -2.28. The fourth-order valence-corrected chi connectivity index (χ4v) is 1.49. The number of rotatable bonds is 0. The molecule has 2 N–H and O–H groups in total. The smallest absolute Gasteiger partial charge is 0.115 e. The molecule has 0 aliphatic heterocycles. The standard InChI is InChI=1S/C8H11N3/c9-7-1-2-8-6(3-7)4-10-5-11-8/h4-5,7H,1-3,9H2/t7-/m0/s1. The van der Waals surface area contributed by atoms with Gasteiger partial charge in [-0.15, -0.1) is 0 Å². The first-order chi connectivity index (χ1) is 5.36. The molecule has 0 radical (unpaired) electrons. The maximum absolute atomic E-state index is 5.79. The van der Waals surface area contributed by atoms with Crippen LogP contribution in [-0.4, -0.2) is 16.0 Å². The van der Waals surface area contributed by atoms with Gasteiger partial charge in [-0.05, 0) is 24.8 Å². The molecule has 11 heavy (non-hydrogen) atoms. The molecule has 0 fully saturated rings. The van der Waals surface area contributed by atoms with Gasteiger partial charge in [-0.1, -0.05) is 0 Å². The molecular weight excluding hydrogens is 138 g/mol. The van der Waals surface area contributed by atoms with Gasteiger partial charge in [0.2, 0.25) is 0 Å².